The van der Waals surface area contributed by atoms with Crippen molar-refractivity contribution < 1.29 is 9.53 Å². The summed E-state index contributed by atoms with van der Waals surface area (Å²) in [7, 11) is 0. The SMILES string of the molecule is O=C(COc1ccc2c(c1)CCCC2)Nc1cccnc1. The lowest BCUT2D eigenvalue weighted by molar-refractivity contribution is -0.118. The van der Waals surface area contributed by atoms with Crippen molar-refractivity contribution >= 4 is 11.6 Å². The molecule has 0 spiro atoms. The fourth-order valence-corrected chi connectivity index (χ4v) is 2.58. The molecule has 2 aromatic rings. The van der Waals surface area contributed by atoms with Crippen LogP contribution in [0.1, 0.15) is 24.0 Å². The van der Waals surface area contributed by atoms with Gasteiger partial charge in [-0.2, -0.15) is 0 Å². The number of carbonyl (C=O) groups excluding carboxylic acids is 1. The fraction of sp³-hybridized carbons (Fsp3) is 0.294. The summed E-state index contributed by atoms with van der Waals surface area (Å²) in [6, 6.07) is 9.69. The van der Waals surface area contributed by atoms with E-state index in [0.29, 0.717) is 5.69 Å². The first-order valence-electron chi connectivity index (χ1n) is 7.26. The Morgan fingerprint density at radius 1 is 1.19 bits per heavy atom. The molecule has 108 valence electrons. The van der Waals surface area contributed by atoms with Crippen molar-refractivity contribution in [2.24, 2.45) is 0 Å². The van der Waals surface area contributed by atoms with E-state index >= 15 is 0 Å². The van der Waals surface area contributed by atoms with Crippen LogP contribution in [0, 0.1) is 0 Å². The molecule has 1 amide bonds. The summed E-state index contributed by atoms with van der Waals surface area (Å²) in [6.45, 7) is 0.00762. The number of carbonyl (C=O) groups is 1. The molecule has 21 heavy (non-hydrogen) atoms. The molecule has 1 heterocycles. The number of hydrogen-bond donors (Lipinski definition) is 1. The Labute approximate surface area is 124 Å². The topological polar surface area (TPSA) is 51.2 Å². The molecule has 1 aliphatic carbocycles. The molecule has 0 radical (unpaired) electrons. The number of pyridine rings is 1. The Morgan fingerprint density at radius 2 is 2.05 bits per heavy atom. The van der Waals surface area contributed by atoms with E-state index in [-0.39, 0.29) is 12.5 Å². The van der Waals surface area contributed by atoms with Crippen molar-refractivity contribution in [2.45, 2.75) is 25.7 Å². The number of nitrogens with one attached hydrogen (secondary N) is 1. The zero-order valence-corrected chi connectivity index (χ0v) is 11.8. The minimum Gasteiger partial charge on any atom is -0.484 e. The number of amides is 1. The van der Waals surface area contributed by atoms with Crippen LogP contribution in [0.25, 0.3) is 0 Å². The van der Waals surface area contributed by atoms with Crippen molar-refractivity contribution in [2.75, 3.05) is 11.9 Å². The number of anilines is 1. The highest BCUT2D eigenvalue weighted by molar-refractivity contribution is 5.91. The van der Waals surface area contributed by atoms with Gasteiger partial charge in [0.2, 0.25) is 0 Å². The Morgan fingerprint density at radius 3 is 2.86 bits per heavy atom. The van der Waals surface area contributed by atoms with Crippen molar-refractivity contribution in [1.29, 1.82) is 0 Å². The van der Waals surface area contributed by atoms with Crippen LogP contribution < -0.4 is 10.1 Å². The van der Waals surface area contributed by atoms with E-state index < -0.39 is 0 Å². The van der Waals surface area contributed by atoms with Crippen molar-refractivity contribution in [1.82, 2.24) is 4.98 Å². The van der Waals surface area contributed by atoms with Crippen LogP contribution in [0.15, 0.2) is 42.7 Å². The van der Waals surface area contributed by atoms with Crippen LogP contribution in [0.4, 0.5) is 5.69 Å². The van der Waals surface area contributed by atoms with Crippen molar-refractivity contribution in [3.8, 4) is 5.75 Å². The van der Waals surface area contributed by atoms with E-state index in [2.05, 4.69) is 22.4 Å². The van der Waals surface area contributed by atoms with Crippen LogP contribution >= 0.6 is 0 Å². The zero-order chi connectivity index (χ0) is 14.5. The second-order valence-electron chi connectivity index (χ2n) is 5.22. The highest BCUT2D eigenvalue weighted by Gasteiger charge is 2.10. The minimum atomic E-state index is -0.180. The molecule has 1 aromatic heterocycles. The number of hydrogen-bond acceptors (Lipinski definition) is 3. The third-order valence-electron chi connectivity index (χ3n) is 3.64. The minimum absolute atomic E-state index is 0.00762. The maximum atomic E-state index is 11.8. The lowest BCUT2D eigenvalue weighted by atomic mass is 9.92. The van der Waals surface area contributed by atoms with Gasteiger partial charge in [0.05, 0.1) is 11.9 Å². The Balaban J connectivity index is 1.56. The second kappa shape index (κ2) is 6.39. The van der Waals surface area contributed by atoms with E-state index in [4.69, 9.17) is 4.74 Å². The Kier molecular flexibility index (Phi) is 4.15. The fourth-order valence-electron chi connectivity index (χ4n) is 2.58. The standard InChI is InChI=1S/C17H18N2O2/c20-17(19-15-6-3-9-18-11-15)12-21-16-8-7-13-4-1-2-5-14(13)10-16/h3,6-11H,1-2,4-5,12H2,(H,19,20). The molecule has 4 nitrogen and oxygen atoms in total. The van der Waals surface area contributed by atoms with Gasteiger partial charge >= 0.3 is 0 Å². The summed E-state index contributed by atoms with van der Waals surface area (Å²) in [6.07, 6.45) is 8.03. The summed E-state index contributed by atoms with van der Waals surface area (Å²) in [5.74, 6) is 0.581. The predicted molar refractivity (Wildman–Crippen MR) is 81.4 cm³/mol. The maximum absolute atomic E-state index is 11.8. The number of aromatic nitrogens is 1. The largest absolute Gasteiger partial charge is 0.484 e. The average molecular weight is 282 g/mol. The smallest absolute Gasteiger partial charge is 0.262 e. The van der Waals surface area contributed by atoms with E-state index in [1.807, 2.05) is 6.07 Å². The van der Waals surface area contributed by atoms with Gasteiger partial charge < -0.3 is 10.1 Å². The molecular formula is C17H18N2O2. The second-order valence-corrected chi connectivity index (χ2v) is 5.22. The number of nitrogens with zero attached hydrogens (tertiary/aromatic N) is 1. The molecule has 1 N–H and O–H groups in total. The maximum Gasteiger partial charge on any atom is 0.262 e. The summed E-state index contributed by atoms with van der Waals surface area (Å²) in [5.41, 5.74) is 3.44. The highest BCUT2D eigenvalue weighted by Crippen LogP contribution is 2.25. The summed E-state index contributed by atoms with van der Waals surface area (Å²) in [5, 5.41) is 2.75. The molecule has 0 aliphatic heterocycles. The molecule has 1 aromatic carbocycles. The van der Waals surface area contributed by atoms with Crippen LogP contribution in [0.2, 0.25) is 0 Å². The Bertz CT molecular complexity index is 626. The van der Waals surface area contributed by atoms with Gasteiger partial charge in [0.25, 0.3) is 5.91 Å². The summed E-state index contributed by atoms with van der Waals surface area (Å²) >= 11 is 0. The van der Waals surface area contributed by atoms with E-state index in [1.54, 1.807) is 24.5 Å². The van der Waals surface area contributed by atoms with Gasteiger partial charge in [-0.15, -0.1) is 0 Å². The number of fused-ring (bicyclic) bond motifs is 1. The van der Waals surface area contributed by atoms with E-state index in [1.165, 1.54) is 24.0 Å². The number of ether oxygens (including phenoxy) is 1. The number of aryl methyl sites for hydroxylation is 2. The number of rotatable bonds is 4. The lowest BCUT2D eigenvalue weighted by Crippen LogP contribution is -2.20. The van der Waals surface area contributed by atoms with Crippen LogP contribution in [0.5, 0.6) is 5.75 Å². The molecule has 0 saturated carbocycles. The molecule has 3 rings (SSSR count). The van der Waals surface area contributed by atoms with Gasteiger partial charge in [-0.3, -0.25) is 9.78 Å². The first kappa shape index (κ1) is 13.6. The first-order chi connectivity index (χ1) is 10.3. The molecule has 0 unspecified atom stereocenters. The van der Waals surface area contributed by atoms with Crippen LogP contribution in [-0.4, -0.2) is 17.5 Å². The first-order valence-corrected chi connectivity index (χ1v) is 7.26. The lowest BCUT2D eigenvalue weighted by Gasteiger charge is -2.16. The zero-order valence-electron chi connectivity index (χ0n) is 11.8. The molecule has 0 bridgehead atoms. The van der Waals surface area contributed by atoms with Gasteiger partial charge in [-0.05, 0) is 61.1 Å². The molecule has 4 heteroatoms. The van der Waals surface area contributed by atoms with Gasteiger partial charge in [-0.25, -0.2) is 0 Å². The summed E-state index contributed by atoms with van der Waals surface area (Å²) < 4.78 is 5.57. The van der Waals surface area contributed by atoms with Gasteiger partial charge in [-0.1, -0.05) is 6.07 Å². The van der Waals surface area contributed by atoms with Crippen LogP contribution in [0.3, 0.4) is 0 Å². The van der Waals surface area contributed by atoms with Gasteiger partial charge in [0.15, 0.2) is 6.61 Å². The number of benzene rings is 1. The average Bonchev–Trinajstić information content (AvgIpc) is 2.54. The molecule has 1 aliphatic rings. The highest BCUT2D eigenvalue weighted by atomic mass is 16.5. The third-order valence-corrected chi connectivity index (χ3v) is 3.64. The predicted octanol–water partition coefficient (Wildman–Crippen LogP) is 2.98. The van der Waals surface area contributed by atoms with Crippen molar-refractivity contribution in [3.63, 3.8) is 0 Å². The monoisotopic (exact) mass is 282 g/mol. The third kappa shape index (κ3) is 3.60. The van der Waals surface area contributed by atoms with E-state index in [0.717, 1.165) is 18.6 Å². The van der Waals surface area contributed by atoms with Crippen LogP contribution in [-0.2, 0) is 17.6 Å². The summed E-state index contributed by atoms with van der Waals surface area (Å²) in [4.78, 5) is 15.8. The molecular weight excluding hydrogens is 264 g/mol. The molecule has 0 fully saturated rings. The van der Waals surface area contributed by atoms with Gasteiger partial charge in [0.1, 0.15) is 5.75 Å². The van der Waals surface area contributed by atoms with Gasteiger partial charge in [0, 0.05) is 6.20 Å². The molecule has 0 atom stereocenters. The van der Waals surface area contributed by atoms with Crippen molar-refractivity contribution in [3.05, 3.63) is 53.9 Å². The van der Waals surface area contributed by atoms with E-state index in [9.17, 15) is 4.79 Å². The normalized spacial score (nSPS) is 13.3. The quantitative estimate of drug-likeness (QED) is 0.938. The molecule has 0 saturated heterocycles. The Hall–Kier alpha value is -2.36.